The molecule has 0 aliphatic carbocycles. The third kappa shape index (κ3) is 1.71. The van der Waals surface area contributed by atoms with E-state index in [2.05, 4.69) is 6.07 Å². The molecule has 0 aromatic heterocycles. The molecule has 0 fully saturated rings. The largest absolute Gasteiger partial charge is 0.399 e. The van der Waals surface area contributed by atoms with Gasteiger partial charge < -0.3 is 5.73 Å². The molecule has 1 atom stereocenters. The number of nitriles is 1. The molecular formula is C9H10N2. The van der Waals surface area contributed by atoms with E-state index in [-0.39, 0.29) is 5.92 Å². The van der Waals surface area contributed by atoms with E-state index in [0.29, 0.717) is 5.69 Å². The SMILES string of the molecule is C[C@@H](C#N)c1cccc(N)c1. The van der Waals surface area contributed by atoms with Crippen LogP contribution in [0.15, 0.2) is 24.3 Å². The van der Waals surface area contributed by atoms with Crippen molar-refractivity contribution >= 4 is 5.69 Å². The number of hydrogen-bond acceptors (Lipinski definition) is 2. The maximum Gasteiger partial charge on any atom is 0.0700 e. The van der Waals surface area contributed by atoms with Gasteiger partial charge in [0.1, 0.15) is 0 Å². The number of nitrogen functional groups attached to an aromatic ring is 1. The third-order valence-electron chi connectivity index (χ3n) is 1.60. The minimum Gasteiger partial charge on any atom is -0.399 e. The summed E-state index contributed by atoms with van der Waals surface area (Å²) in [4.78, 5) is 0. The highest BCUT2D eigenvalue weighted by molar-refractivity contribution is 5.42. The van der Waals surface area contributed by atoms with Crippen molar-refractivity contribution in [1.29, 1.82) is 5.26 Å². The second-order valence-corrected chi connectivity index (χ2v) is 2.52. The van der Waals surface area contributed by atoms with Crippen molar-refractivity contribution in [3.8, 4) is 6.07 Å². The lowest BCUT2D eigenvalue weighted by Gasteiger charge is -2.02. The average Bonchev–Trinajstić information content (AvgIpc) is 2.03. The first kappa shape index (κ1) is 7.62. The standard InChI is InChI=1S/C9H10N2/c1-7(6-10)8-3-2-4-9(11)5-8/h2-5,7H,11H2,1H3/t7-/m0/s1. The van der Waals surface area contributed by atoms with Crippen LogP contribution >= 0.6 is 0 Å². The second kappa shape index (κ2) is 3.07. The van der Waals surface area contributed by atoms with Crippen molar-refractivity contribution in [2.45, 2.75) is 12.8 Å². The smallest absolute Gasteiger partial charge is 0.0700 e. The lowest BCUT2D eigenvalue weighted by molar-refractivity contribution is 0.983. The highest BCUT2D eigenvalue weighted by atomic mass is 14.5. The minimum absolute atomic E-state index is 0.0708. The summed E-state index contributed by atoms with van der Waals surface area (Å²) in [6.07, 6.45) is 0. The van der Waals surface area contributed by atoms with Crippen molar-refractivity contribution in [1.82, 2.24) is 0 Å². The highest BCUT2D eigenvalue weighted by Gasteiger charge is 2.01. The number of nitrogens with zero attached hydrogens (tertiary/aromatic N) is 1. The van der Waals surface area contributed by atoms with Crippen LogP contribution in [-0.4, -0.2) is 0 Å². The maximum absolute atomic E-state index is 8.59. The van der Waals surface area contributed by atoms with Gasteiger partial charge in [0, 0.05) is 5.69 Å². The topological polar surface area (TPSA) is 49.8 Å². The quantitative estimate of drug-likeness (QED) is 0.615. The molecule has 0 aliphatic rings. The van der Waals surface area contributed by atoms with Crippen LogP contribution in [0.2, 0.25) is 0 Å². The van der Waals surface area contributed by atoms with E-state index in [0.717, 1.165) is 5.56 Å². The van der Waals surface area contributed by atoms with Crippen molar-refractivity contribution in [3.63, 3.8) is 0 Å². The molecule has 0 radical (unpaired) electrons. The van der Waals surface area contributed by atoms with E-state index in [4.69, 9.17) is 11.0 Å². The van der Waals surface area contributed by atoms with E-state index >= 15 is 0 Å². The van der Waals surface area contributed by atoms with Gasteiger partial charge >= 0.3 is 0 Å². The summed E-state index contributed by atoms with van der Waals surface area (Å²) >= 11 is 0. The molecule has 11 heavy (non-hydrogen) atoms. The maximum atomic E-state index is 8.59. The van der Waals surface area contributed by atoms with Crippen LogP contribution in [0.25, 0.3) is 0 Å². The van der Waals surface area contributed by atoms with E-state index in [1.807, 2.05) is 31.2 Å². The Morgan fingerprint density at radius 3 is 2.82 bits per heavy atom. The first-order valence-electron chi connectivity index (χ1n) is 3.49. The Kier molecular flexibility index (Phi) is 2.12. The van der Waals surface area contributed by atoms with Gasteiger partial charge in [-0.3, -0.25) is 0 Å². The molecule has 1 aromatic rings. The Labute approximate surface area is 66.3 Å². The zero-order valence-electron chi connectivity index (χ0n) is 6.41. The van der Waals surface area contributed by atoms with Gasteiger partial charge in [0.15, 0.2) is 0 Å². The highest BCUT2D eigenvalue weighted by Crippen LogP contribution is 2.15. The molecule has 0 unspecified atom stereocenters. The van der Waals surface area contributed by atoms with Crippen molar-refractivity contribution < 1.29 is 0 Å². The fraction of sp³-hybridized carbons (Fsp3) is 0.222. The molecule has 0 amide bonds. The van der Waals surface area contributed by atoms with Gasteiger partial charge in [-0.2, -0.15) is 5.26 Å². The fourth-order valence-corrected chi connectivity index (χ4v) is 0.903. The van der Waals surface area contributed by atoms with Crippen LogP contribution < -0.4 is 5.73 Å². The molecule has 0 saturated carbocycles. The summed E-state index contributed by atoms with van der Waals surface area (Å²) in [5.74, 6) is -0.0708. The van der Waals surface area contributed by atoms with Gasteiger partial charge in [-0.1, -0.05) is 12.1 Å². The Morgan fingerprint density at radius 1 is 1.55 bits per heavy atom. The molecule has 1 rings (SSSR count). The Morgan fingerprint density at radius 2 is 2.27 bits per heavy atom. The molecular weight excluding hydrogens is 136 g/mol. The molecule has 56 valence electrons. The first-order valence-corrected chi connectivity index (χ1v) is 3.49. The van der Waals surface area contributed by atoms with Crippen LogP contribution in [0.3, 0.4) is 0 Å². The number of anilines is 1. The second-order valence-electron chi connectivity index (χ2n) is 2.52. The predicted octanol–water partition coefficient (Wildman–Crippen LogP) is 1.90. The van der Waals surface area contributed by atoms with Crippen LogP contribution in [0.1, 0.15) is 18.4 Å². The third-order valence-corrected chi connectivity index (χ3v) is 1.60. The van der Waals surface area contributed by atoms with Gasteiger partial charge in [-0.05, 0) is 24.6 Å². The molecule has 0 spiro atoms. The fourth-order valence-electron chi connectivity index (χ4n) is 0.903. The summed E-state index contributed by atoms with van der Waals surface area (Å²) in [5, 5.41) is 8.59. The van der Waals surface area contributed by atoms with E-state index in [1.54, 1.807) is 0 Å². The zero-order chi connectivity index (χ0) is 8.27. The lowest BCUT2D eigenvalue weighted by atomic mass is 10.0. The van der Waals surface area contributed by atoms with Gasteiger partial charge in [0.2, 0.25) is 0 Å². The monoisotopic (exact) mass is 146 g/mol. The Bertz CT molecular complexity index is 286. The molecule has 2 nitrogen and oxygen atoms in total. The van der Waals surface area contributed by atoms with E-state index in [9.17, 15) is 0 Å². The minimum atomic E-state index is -0.0708. The number of rotatable bonds is 1. The number of hydrogen-bond donors (Lipinski definition) is 1. The van der Waals surface area contributed by atoms with Crippen molar-refractivity contribution in [2.75, 3.05) is 5.73 Å². The van der Waals surface area contributed by atoms with Crippen LogP contribution in [0.5, 0.6) is 0 Å². The van der Waals surface area contributed by atoms with Crippen molar-refractivity contribution in [2.24, 2.45) is 0 Å². The van der Waals surface area contributed by atoms with E-state index in [1.165, 1.54) is 0 Å². The molecule has 0 saturated heterocycles. The van der Waals surface area contributed by atoms with Gasteiger partial charge in [-0.25, -0.2) is 0 Å². The molecule has 2 N–H and O–H groups in total. The summed E-state index contributed by atoms with van der Waals surface area (Å²) in [6.45, 7) is 1.86. The normalized spacial score (nSPS) is 12.0. The zero-order valence-corrected chi connectivity index (χ0v) is 6.41. The summed E-state index contributed by atoms with van der Waals surface area (Å²) in [7, 11) is 0. The first-order chi connectivity index (χ1) is 5.24. The molecule has 2 heteroatoms. The number of nitrogens with two attached hydrogens (primary N) is 1. The van der Waals surface area contributed by atoms with Crippen molar-refractivity contribution in [3.05, 3.63) is 29.8 Å². The van der Waals surface area contributed by atoms with Crippen LogP contribution in [0.4, 0.5) is 5.69 Å². The Hall–Kier alpha value is -1.49. The molecule has 0 heterocycles. The predicted molar refractivity (Wildman–Crippen MR) is 44.9 cm³/mol. The van der Waals surface area contributed by atoms with Gasteiger partial charge in [0.25, 0.3) is 0 Å². The molecule has 0 bridgehead atoms. The average molecular weight is 146 g/mol. The van der Waals surface area contributed by atoms with Gasteiger partial charge in [-0.15, -0.1) is 0 Å². The molecule has 1 aromatic carbocycles. The van der Waals surface area contributed by atoms with Crippen LogP contribution in [-0.2, 0) is 0 Å². The van der Waals surface area contributed by atoms with Gasteiger partial charge in [0.05, 0.1) is 12.0 Å². The summed E-state index contributed by atoms with van der Waals surface area (Å²) in [5.41, 5.74) is 7.23. The van der Waals surface area contributed by atoms with E-state index < -0.39 is 0 Å². The Balaban J connectivity index is 2.98. The summed E-state index contributed by atoms with van der Waals surface area (Å²) < 4.78 is 0. The number of benzene rings is 1. The van der Waals surface area contributed by atoms with Crippen LogP contribution in [0, 0.1) is 11.3 Å². The molecule has 0 aliphatic heterocycles. The summed E-state index contributed by atoms with van der Waals surface area (Å²) in [6, 6.07) is 9.56. The lowest BCUT2D eigenvalue weighted by Crippen LogP contribution is -1.91.